The van der Waals surface area contributed by atoms with Gasteiger partial charge in [0.2, 0.25) is 0 Å². The summed E-state index contributed by atoms with van der Waals surface area (Å²) in [6.07, 6.45) is 8.69. The van der Waals surface area contributed by atoms with Crippen molar-refractivity contribution in [2.75, 3.05) is 7.11 Å². The highest BCUT2D eigenvalue weighted by Gasteiger charge is 2.15. The molecule has 8 nitrogen and oxygen atoms in total. The van der Waals surface area contributed by atoms with Crippen molar-refractivity contribution in [1.29, 1.82) is 0 Å². The van der Waals surface area contributed by atoms with E-state index in [1.807, 2.05) is 44.3 Å². The van der Waals surface area contributed by atoms with E-state index in [4.69, 9.17) is 4.84 Å². The number of aromatic nitrogens is 3. The largest absolute Gasteiger partial charge is 0.397 e. The maximum absolute atomic E-state index is 12.6. The van der Waals surface area contributed by atoms with Gasteiger partial charge in [-0.2, -0.15) is 5.10 Å². The van der Waals surface area contributed by atoms with Crippen molar-refractivity contribution in [3.8, 4) is 11.3 Å². The number of rotatable bonds is 7. The van der Waals surface area contributed by atoms with Gasteiger partial charge in [-0.25, -0.2) is 14.5 Å². The summed E-state index contributed by atoms with van der Waals surface area (Å²) in [7, 11) is 1.39. The molecule has 0 fully saturated rings. The van der Waals surface area contributed by atoms with Gasteiger partial charge in [0.05, 0.1) is 11.2 Å². The smallest absolute Gasteiger partial charge is 0.292 e. The number of aryl methyl sites for hydroxylation is 2. The molecule has 0 aliphatic rings. The van der Waals surface area contributed by atoms with E-state index >= 15 is 0 Å². The topological polar surface area (TPSA) is 93.2 Å². The molecule has 1 amide bonds. The minimum Gasteiger partial charge on any atom is -0.397 e. The van der Waals surface area contributed by atoms with Gasteiger partial charge in [-0.3, -0.25) is 4.79 Å². The van der Waals surface area contributed by atoms with Gasteiger partial charge in [0.15, 0.2) is 0 Å². The third-order valence-electron chi connectivity index (χ3n) is 5.29. The van der Waals surface area contributed by atoms with Crippen LogP contribution in [0, 0.1) is 12.3 Å². The predicted molar refractivity (Wildman–Crippen MR) is 136 cm³/mol. The summed E-state index contributed by atoms with van der Waals surface area (Å²) in [5.41, 5.74) is 6.03. The van der Waals surface area contributed by atoms with Crippen molar-refractivity contribution in [1.82, 2.24) is 19.9 Å². The molecule has 0 atom stereocenters. The van der Waals surface area contributed by atoms with Crippen LogP contribution in [0.25, 0.3) is 16.8 Å². The molecule has 0 saturated heterocycles. The lowest BCUT2D eigenvalue weighted by molar-refractivity contribution is -0.115. The van der Waals surface area contributed by atoms with Crippen molar-refractivity contribution in [3.63, 3.8) is 0 Å². The second-order valence-electron chi connectivity index (χ2n) is 9.44. The van der Waals surface area contributed by atoms with Crippen LogP contribution >= 0.6 is 0 Å². The number of hydrogen-bond donors (Lipinski definition) is 1. The van der Waals surface area contributed by atoms with Gasteiger partial charge in [0.25, 0.3) is 11.7 Å². The number of nitrogens with one attached hydrogen (secondary N) is 1. The minimum atomic E-state index is -0.392. The van der Waals surface area contributed by atoms with Gasteiger partial charge in [0, 0.05) is 24.5 Å². The quantitative estimate of drug-likeness (QED) is 0.312. The van der Waals surface area contributed by atoms with Crippen molar-refractivity contribution < 1.29 is 9.63 Å². The molecule has 1 N–H and O–H groups in total. The fourth-order valence-corrected chi connectivity index (χ4v) is 3.48. The molecule has 34 heavy (non-hydrogen) atoms. The summed E-state index contributed by atoms with van der Waals surface area (Å²) < 4.78 is 1.89. The van der Waals surface area contributed by atoms with Gasteiger partial charge < -0.3 is 10.2 Å². The van der Waals surface area contributed by atoms with E-state index in [0.717, 1.165) is 47.2 Å². The molecule has 0 radical (unpaired) electrons. The van der Waals surface area contributed by atoms with E-state index < -0.39 is 5.91 Å². The second kappa shape index (κ2) is 11.0. The summed E-state index contributed by atoms with van der Waals surface area (Å²) in [5, 5.41) is 11.0. The van der Waals surface area contributed by atoms with Crippen LogP contribution < -0.4 is 5.32 Å². The normalized spacial score (nSPS) is 12.5. The number of carbonyl (C=O) groups excluding carboxylic acids is 1. The number of carbonyl (C=O) groups is 1. The molecule has 0 spiro atoms. The zero-order valence-corrected chi connectivity index (χ0v) is 20.9. The highest BCUT2D eigenvalue weighted by Crippen LogP contribution is 2.26. The molecular weight excluding hydrogens is 428 g/mol. The van der Waals surface area contributed by atoms with Crippen LogP contribution in [0.4, 0.5) is 0 Å². The van der Waals surface area contributed by atoms with Gasteiger partial charge in [-0.15, -0.1) is 0 Å². The summed E-state index contributed by atoms with van der Waals surface area (Å²) in [4.78, 5) is 26.1. The Morgan fingerprint density at radius 1 is 1.26 bits per heavy atom. The zero-order chi connectivity index (χ0) is 24.7. The lowest BCUT2D eigenvalue weighted by Gasteiger charge is -2.12. The number of aliphatic imine (C=N–C) groups is 1. The third kappa shape index (κ3) is 6.50. The fraction of sp³-hybridized carbons (Fsp3) is 0.423. The van der Waals surface area contributed by atoms with Crippen LogP contribution in [0.1, 0.15) is 57.2 Å². The summed E-state index contributed by atoms with van der Waals surface area (Å²) in [6, 6.07) is 8.29. The molecule has 180 valence electrons. The van der Waals surface area contributed by atoms with E-state index in [2.05, 4.69) is 50.8 Å². The third-order valence-corrected chi connectivity index (χ3v) is 5.29. The van der Waals surface area contributed by atoms with Crippen LogP contribution in [0.3, 0.4) is 0 Å². The van der Waals surface area contributed by atoms with E-state index in [1.54, 1.807) is 12.5 Å². The van der Waals surface area contributed by atoms with Crippen molar-refractivity contribution >= 4 is 23.5 Å². The lowest BCUT2D eigenvalue weighted by atomic mass is 9.99. The summed E-state index contributed by atoms with van der Waals surface area (Å²) in [6.45, 7) is 10.6. The Morgan fingerprint density at radius 2 is 2.06 bits per heavy atom. The SMILES string of the molecule is CCCCc1cc2c(-c3ccc(CNC(=O)/C(N=CC(C)(C)C)=N/OC)c(C)c3)ncnn2c1. The van der Waals surface area contributed by atoms with E-state index in [-0.39, 0.29) is 11.3 Å². The van der Waals surface area contributed by atoms with Crippen molar-refractivity contribution in [2.45, 2.75) is 60.4 Å². The van der Waals surface area contributed by atoms with E-state index in [1.165, 1.54) is 12.7 Å². The minimum absolute atomic E-state index is 0.0119. The molecule has 2 heterocycles. The molecule has 8 heteroatoms. The molecular formula is C26H34N6O2. The Balaban J connectivity index is 1.77. The molecule has 0 bridgehead atoms. The van der Waals surface area contributed by atoms with Crippen molar-refractivity contribution in [2.24, 2.45) is 15.6 Å². The molecule has 0 unspecified atom stereocenters. The maximum Gasteiger partial charge on any atom is 0.292 e. The number of benzene rings is 1. The first-order valence-electron chi connectivity index (χ1n) is 11.6. The highest BCUT2D eigenvalue weighted by atomic mass is 16.6. The van der Waals surface area contributed by atoms with Crippen LogP contribution in [-0.4, -0.2) is 39.7 Å². The molecule has 0 aliphatic carbocycles. The zero-order valence-electron chi connectivity index (χ0n) is 20.9. The standard InChI is InChI=1S/C26H34N6O2/c1-7-8-9-19-13-22-23(29-17-30-32(22)15-19)20-10-11-21(18(2)12-20)14-27-25(33)24(31-34-6)28-16-26(3,4)5/h10-13,15-17H,7-9,14H2,1-6H3,(H,27,33)/b28-16?,31-24-. The Bertz CT molecular complexity index is 1200. The molecule has 1 aromatic carbocycles. The van der Waals surface area contributed by atoms with Crippen LogP contribution in [0.15, 0.2) is 46.9 Å². The lowest BCUT2D eigenvalue weighted by Crippen LogP contribution is -2.30. The summed E-state index contributed by atoms with van der Waals surface area (Å²) in [5.74, 6) is -0.404. The van der Waals surface area contributed by atoms with E-state index in [9.17, 15) is 4.79 Å². The number of oxime groups is 1. The Labute approximate surface area is 201 Å². The van der Waals surface area contributed by atoms with Crippen LogP contribution in [-0.2, 0) is 22.6 Å². The Morgan fingerprint density at radius 3 is 2.74 bits per heavy atom. The molecule has 3 rings (SSSR count). The van der Waals surface area contributed by atoms with Crippen LogP contribution in [0.2, 0.25) is 0 Å². The number of fused-ring (bicyclic) bond motifs is 1. The molecule has 2 aromatic heterocycles. The number of nitrogens with zero attached hydrogens (tertiary/aromatic N) is 5. The van der Waals surface area contributed by atoms with Crippen LogP contribution in [0.5, 0.6) is 0 Å². The maximum atomic E-state index is 12.6. The number of unbranched alkanes of at least 4 members (excludes halogenated alkanes) is 1. The Kier molecular flexibility index (Phi) is 8.15. The second-order valence-corrected chi connectivity index (χ2v) is 9.44. The number of amides is 1. The predicted octanol–water partition coefficient (Wildman–Crippen LogP) is 4.74. The summed E-state index contributed by atoms with van der Waals surface area (Å²) >= 11 is 0. The fourth-order valence-electron chi connectivity index (χ4n) is 3.48. The average molecular weight is 463 g/mol. The molecule has 0 aliphatic heterocycles. The van der Waals surface area contributed by atoms with E-state index in [0.29, 0.717) is 6.54 Å². The first-order valence-corrected chi connectivity index (χ1v) is 11.6. The molecule has 0 saturated carbocycles. The Hall–Kier alpha value is -3.55. The van der Waals surface area contributed by atoms with Gasteiger partial charge in [0.1, 0.15) is 13.4 Å². The highest BCUT2D eigenvalue weighted by molar-refractivity contribution is 6.39. The number of amidine groups is 1. The first-order chi connectivity index (χ1) is 16.2. The first kappa shape index (κ1) is 25.1. The molecule has 3 aromatic rings. The number of hydrogen-bond acceptors (Lipinski definition) is 5. The van der Waals surface area contributed by atoms with Gasteiger partial charge in [-0.1, -0.05) is 51.4 Å². The average Bonchev–Trinajstić information content (AvgIpc) is 3.22. The monoisotopic (exact) mass is 462 g/mol. The van der Waals surface area contributed by atoms with Gasteiger partial charge >= 0.3 is 0 Å². The van der Waals surface area contributed by atoms with Crippen molar-refractivity contribution in [3.05, 3.63) is 53.5 Å². The van der Waals surface area contributed by atoms with Gasteiger partial charge in [-0.05, 0) is 54.0 Å².